The van der Waals surface area contributed by atoms with E-state index >= 15 is 0 Å². The number of nitrogens with one attached hydrogen (secondary N) is 2. The van der Waals surface area contributed by atoms with Crippen molar-refractivity contribution in [2.24, 2.45) is 23.5 Å². The SMILES string of the molecule is Cl.NC[C@H]1CCC[C@H]1C(=O)NCCS(=O)(=O)NCC1CCC1. The minimum atomic E-state index is -3.28. The molecule has 2 fully saturated rings. The number of hydrogen-bond acceptors (Lipinski definition) is 4. The highest BCUT2D eigenvalue weighted by atomic mass is 35.5. The predicted octanol–water partition coefficient (Wildman–Crippen LogP) is 0.619. The summed E-state index contributed by atoms with van der Waals surface area (Å²) >= 11 is 0. The molecule has 0 heterocycles. The fourth-order valence-electron chi connectivity index (χ4n) is 3.12. The van der Waals surface area contributed by atoms with Crippen LogP contribution in [-0.2, 0) is 14.8 Å². The molecule has 0 bridgehead atoms. The van der Waals surface area contributed by atoms with Crippen LogP contribution in [0.5, 0.6) is 0 Å². The van der Waals surface area contributed by atoms with Crippen LogP contribution in [0, 0.1) is 17.8 Å². The summed E-state index contributed by atoms with van der Waals surface area (Å²) in [5.41, 5.74) is 5.66. The molecule has 0 aliphatic heterocycles. The highest BCUT2D eigenvalue weighted by Crippen LogP contribution is 2.30. The first kappa shape index (κ1) is 19.7. The van der Waals surface area contributed by atoms with Gasteiger partial charge in [-0.3, -0.25) is 4.79 Å². The van der Waals surface area contributed by atoms with E-state index < -0.39 is 10.0 Å². The third-order valence-corrected chi connectivity index (χ3v) is 6.13. The minimum absolute atomic E-state index is 0. The van der Waals surface area contributed by atoms with E-state index in [2.05, 4.69) is 10.0 Å². The minimum Gasteiger partial charge on any atom is -0.355 e. The van der Waals surface area contributed by atoms with Crippen molar-refractivity contribution in [3.8, 4) is 0 Å². The monoisotopic (exact) mass is 353 g/mol. The van der Waals surface area contributed by atoms with Crippen LogP contribution < -0.4 is 15.8 Å². The summed E-state index contributed by atoms with van der Waals surface area (Å²) in [6.07, 6.45) is 6.31. The van der Waals surface area contributed by atoms with E-state index in [9.17, 15) is 13.2 Å². The van der Waals surface area contributed by atoms with Gasteiger partial charge in [0.1, 0.15) is 0 Å². The van der Waals surface area contributed by atoms with Crippen LogP contribution in [0.3, 0.4) is 0 Å². The zero-order valence-corrected chi connectivity index (χ0v) is 14.6. The van der Waals surface area contributed by atoms with Crippen LogP contribution in [-0.4, -0.2) is 39.7 Å². The van der Waals surface area contributed by atoms with Gasteiger partial charge in [0.15, 0.2) is 0 Å². The van der Waals surface area contributed by atoms with Crippen molar-refractivity contribution in [3.63, 3.8) is 0 Å². The van der Waals surface area contributed by atoms with E-state index in [1.807, 2.05) is 0 Å². The molecule has 2 aliphatic carbocycles. The molecule has 4 N–H and O–H groups in total. The highest BCUT2D eigenvalue weighted by Gasteiger charge is 2.31. The number of nitrogens with two attached hydrogens (primary N) is 1. The molecule has 0 aromatic rings. The van der Waals surface area contributed by atoms with Crippen LogP contribution in [0.2, 0.25) is 0 Å². The standard InChI is InChI=1S/C14H27N3O3S.ClH/c15-9-12-5-2-6-13(12)14(18)16-7-8-21(19,20)17-10-11-3-1-4-11;/h11-13,17H,1-10,15H2,(H,16,18);1H/t12-,13-;/m1./s1. The van der Waals surface area contributed by atoms with E-state index in [4.69, 9.17) is 5.73 Å². The Hall–Kier alpha value is -0.370. The Kier molecular flexibility index (Phi) is 8.10. The lowest BCUT2D eigenvalue weighted by Gasteiger charge is -2.25. The van der Waals surface area contributed by atoms with Crippen molar-refractivity contribution < 1.29 is 13.2 Å². The topological polar surface area (TPSA) is 101 Å². The number of sulfonamides is 1. The third kappa shape index (κ3) is 5.68. The summed E-state index contributed by atoms with van der Waals surface area (Å²) in [5.74, 6) is 0.611. The zero-order chi connectivity index (χ0) is 15.3. The Bertz CT molecular complexity index is 454. The van der Waals surface area contributed by atoms with Gasteiger partial charge in [-0.05, 0) is 44.1 Å². The summed E-state index contributed by atoms with van der Waals surface area (Å²) in [7, 11) is -3.28. The second kappa shape index (κ2) is 9.05. The molecule has 22 heavy (non-hydrogen) atoms. The van der Waals surface area contributed by atoms with Gasteiger partial charge in [-0.25, -0.2) is 13.1 Å². The molecular formula is C14H28ClN3O3S. The summed E-state index contributed by atoms with van der Waals surface area (Å²) in [6, 6.07) is 0. The highest BCUT2D eigenvalue weighted by molar-refractivity contribution is 7.89. The van der Waals surface area contributed by atoms with Crippen LogP contribution in [0.4, 0.5) is 0 Å². The van der Waals surface area contributed by atoms with Crippen LogP contribution in [0.15, 0.2) is 0 Å². The average molecular weight is 354 g/mol. The predicted molar refractivity (Wildman–Crippen MR) is 89.3 cm³/mol. The summed E-state index contributed by atoms with van der Waals surface area (Å²) in [4.78, 5) is 12.0. The number of halogens is 1. The summed E-state index contributed by atoms with van der Waals surface area (Å²) in [5, 5.41) is 2.75. The maximum atomic E-state index is 12.0. The molecule has 6 nitrogen and oxygen atoms in total. The van der Waals surface area contributed by atoms with E-state index in [1.165, 1.54) is 6.42 Å². The average Bonchev–Trinajstić information content (AvgIpc) is 2.84. The van der Waals surface area contributed by atoms with Crippen molar-refractivity contribution in [2.75, 3.05) is 25.4 Å². The molecule has 2 rings (SSSR count). The fourth-order valence-corrected chi connectivity index (χ4v) is 4.12. The third-order valence-electron chi connectivity index (χ3n) is 4.79. The van der Waals surface area contributed by atoms with Gasteiger partial charge in [0.25, 0.3) is 0 Å². The van der Waals surface area contributed by atoms with Gasteiger partial charge in [-0.2, -0.15) is 0 Å². The van der Waals surface area contributed by atoms with Gasteiger partial charge < -0.3 is 11.1 Å². The Morgan fingerprint density at radius 2 is 1.82 bits per heavy atom. The molecular weight excluding hydrogens is 326 g/mol. The molecule has 0 aromatic carbocycles. The van der Waals surface area contributed by atoms with E-state index in [1.54, 1.807) is 0 Å². The lowest BCUT2D eigenvalue weighted by molar-refractivity contribution is -0.125. The smallest absolute Gasteiger partial charge is 0.223 e. The molecule has 0 radical (unpaired) electrons. The Labute approximate surface area is 139 Å². The van der Waals surface area contributed by atoms with E-state index in [0.29, 0.717) is 19.0 Å². The van der Waals surface area contributed by atoms with Gasteiger partial charge >= 0.3 is 0 Å². The van der Waals surface area contributed by atoms with Crippen LogP contribution in [0.25, 0.3) is 0 Å². The summed E-state index contributed by atoms with van der Waals surface area (Å²) in [6.45, 7) is 1.24. The number of carbonyl (C=O) groups is 1. The molecule has 2 aliphatic rings. The molecule has 2 atom stereocenters. The second-order valence-electron chi connectivity index (χ2n) is 6.29. The van der Waals surface area contributed by atoms with Gasteiger partial charge in [-0.15, -0.1) is 12.4 Å². The van der Waals surface area contributed by atoms with Crippen molar-refractivity contribution in [3.05, 3.63) is 0 Å². The first-order valence-corrected chi connectivity index (χ1v) is 9.62. The molecule has 0 spiro atoms. The maximum Gasteiger partial charge on any atom is 0.223 e. The van der Waals surface area contributed by atoms with Crippen molar-refractivity contribution in [2.45, 2.75) is 38.5 Å². The molecule has 1 amide bonds. The molecule has 8 heteroatoms. The van der Waals surface area contributed by atoms with Crippen LogP contribution >= 0.6 is 12.4 Å². The molecule has 0 saturated heterocycles. The van der Waals surface area contributed by atoms with Crippen molar-refractivity contribution >= 4 is 28.3 Å². The largest absolute Gasteiger partial charge is 0.355 e. The van der Waals surface area contributed by atoms with Crippen LogP contribution in [0.1, 0.15) is 38.5 Å². The quantitative estimate of drug-likeness (QED) is 0.595. The Balaban J connectivity index is 0.00000242. The van der Waals surface area contributed by atoms with Gasteiger partial charge in [0, 0.05) is 19.0 Å². The summed E-state index contributed by atoms with van der Waals surface area (Å²) < 4.78 is 26.3. The first-order valence-electron chi connectivity index (χ1n) is 7.97. The zero-order valence-electron chi connectivity index (χ0n) is 12.9. The number of carbonyl (C=O) groups excluding carboxylic acids is 1. The van der Waals surface area contributed by atoms with Gasteiger partial charge in [0.05, 0.1) is 5.75 Å². The van der Waals surface area contributed by atoms with Gasteiger partial charge in [0.2, 0.25) is 15.9 Å². The van der Waals surface area contributed by atoms with Crippen molar-refractivity contribution in [1.29, 1.82) is 0 Å². The molecule has 2 saturated carbocycles. The molecule has 0 aromatic heterocycles. The number of rotatable bonds is 8. The van der Waals surface area contributed by atoms with Crippen molar-refractivity contribution in [1.82, 2.24) is 10.0 Å². The van der Waals surface area contributed by atoms with E-state index in [-0.39, 0.29) is 42.4 Å². The first-order chi connectivity index (χ1) is 10.0. The van der Waals surface area contributed by atoms with E-state index in [0.717, 1.165) is 32.1 Å². The second-order valence-corrected chi connectivity index (χ2v) is 8.21. The Morgan fingerprint density at radius 3 is 2.41 bits per heavy atom. The van der Waals surface area contributed by atoms with Gasteiger partial charge in [-0.1, -0.05) is 12.8 Å². The Morgan fingerprint density at radius 1 is 1.14 bits per heavy atom. The fraction of sp³-hybridized carbons (Fsp3) is 0.929. The number of hydrogen-bond donors (Lipinski definition) is 3. The lowest BCUT2D eigenvalue weighted by Crippen LogP contribution is -2.40. The maximum absolute atomic E-state index is 12.0. The molecule has 130 valence electrons. The lowest BCUT2D eigenvalue weighted by atomic mass is 9.86. The molecule has 0 unspecified atom stereocenters. The normalized spacial score (nSPS) is 25.3. The number of amides is 1.